The van der Waals surface area contributed by atoms with Gasteiger partial charge in [0.2, 0.25) is 5.91 Å². The maximum atomic E-state index is 12.8. The number of anilines is 1. The third-order valence-electron chi connectivity index (χ3n) is 4.74. The average molecular weight is 366 g/mol. The van der Waals surface area contributed by atoms with Gasteiger partial charge in [0.05, 0.1) is 5.69 Å². The summed E-state index contributed by atoms with van der Waals surface area (Å²) in [5, 5.41) is 0.533. The van der Waals surface area contributed by atoms with E-state index in [-0.39, 0.29) is 18.2 Å². The number of ether oxygens (including phenoxy) is 1. The Hall–Kier alpha value is -1.79. The van der Waals surface area contributed by atoms with Crippen LogP contribution in [-0.2, 0) is 9.59 Å². The fourth-order valence-electron chi connectivity index (χ4n) is 3.18. The van der Waals surface area contributed by atoms with Crippen molar-refractivity contribution in [2.24, 2.45) is 0 Å². The second-order valence-corrected chi connectivity index (χ2v) is 7.55. The zero-order valence-electron chi connectivity index (χ0n) is 14.9. The number of amides is 2. The van der Waals surface area contributed by atoms with Gasteiger partial charge in [0.1, 0.15) is 5.75 Å². The summed E-state index contributed by atoms with van der Waals surface area (Å²) in [5.41, 5.74) is -0.333. The van der Waals surface area contributed by atoms with Gasteiger partial charge in [-0.1, -0.05) is 11.6 Å². The van der Waals surface area contributed by atoms with Crippen LogP contribution in [0.4, 0.5) is 5.69 Å². The van der Waals surface area contributed by atoms with Gasteiger partial charge in [-0.3, -0.25) is 9.59 Å². The van der Waals surface area contributed by atoms with Crippen molar-refractivity contribution in [2.45, 2.75) is 25.9 Å². The van der Waals surface area contributed by atoms with Crippen molar-refractivity contribution < 1.29 is 14.3 Å². The molecule has 0 bridgehead atoms. The molecule has 2 aliphatic rings. The minimum absolute atomic E-state index is 0.0776. The quantitative estimate of drug-likeness (QED) is 0.822. The van der Waals surface area contributed by atoms with Gasteiger partial charge in [0.25, 0.3) is 5.91 Å². The summed E-state index contributed by atoms with van der Waals surface area (Å²) in [6, 6.07) is 5.21. The summed E-state index contributed by atoms with van der Waals surface area (Å²) in [6.45, 7) is 7.04. The van der Waals surface area contributed by atoms with E-state index in [0.717, 1.165) is 26.2 Å². The summed E-state index contributed by atoms with van der Waals surface area (Å²) in [5.74, 6) is 0.531. The lowest BCUT2D eigenvalue weighted by Gasteiger charge is -2.39. The molecule has 0 aliphatic carbocycles. The van der Waals surface area contributed by atoms with Gasteiger partial charge in [-0.05, 0) is 39.1 Å². The minimum Gasteiger partial charge on any atom is -0.476 e. The van der Waals surface area contributed by atoms with E-state index in [0.29, 0.717) is 23.0 Å². The first-order valence-electron chi connectivity index (χ1n) is 8.55. The third-order valence-corrected chi connectivity index (χ3v) is 4.98. The molecule has 3 rings (SSSR count). The third kappa shape index (κ3) is 3.75. The number of piperazine rings is 1. The summed E-state index contributed by atoms with van der Waals surface area (Å²) in [7, 11) is 2.05. The van der Waals surface area contributed by atoms with Crippen molar-refractivity contribution in [2.75, 3.05) is 44.7 Å². The van der Waals surface area contributed by atoms with Crippen molar-refractivity contribution in [1.29, 1.82) is 0 Å². The summed E-state index contributed by atoms with van der Waals surface area (Å²) < 4.78 is 5.80. The number of carbonyl (C=O) groups excluding carboxylic acids is 2. The van der Waals surface area contributed by atoms with Crippen LogP contribution in [0.25, 0.3) is 0 Å². The SMILES string of the molecule is CN1CCN(C(=O)CCN2C(=O)C(C)(C)Oc3ccc(Cl)cc32)CC1. The van der Waals surface area contributed by atoms with Gasteiger partial charge in [0.15, 0.2) is 5.60 Å². The number of carbonyl (C=O) groups is 2. The number of halogens is 1. The first kappa shape index (κ1) is 18.0. The van der Waals surface area contributed by atoms with E-state index in [2.05, 4.69) is 11.9 Å². The molecule has 2 aliphatic heterocycles. The van der Waals surface area contributed by atoms with Crippen molar-refractivity contribution in [3.8, 4) is 5.75 Å². The molecular weight excluding hydrogens is 342 g/mol. The van der Waals surface area contributed by atoms with Gasteiger partial charge >= 0.3 is 0 Å². The van der Waals surface area contributed by atoms with Crippen LogP contribution in [0.2, 0.25) is 5.02 Å². The standard InChI is InChI=1S/C18H24ClN3O3/c1-18(2)17(24)22(14-12-13(19)4-5-15(14)25-18)7-6-16(23)21-10-8-20(3)9-11-21/h4-5,12H,6-11H2,1-3H3. The normalized spacial score (nSPS) is 20.2. The highest BCUT2D eigenvalue weighted by molar-refractivity contribution is 6.31. The lowest BCUT2D eigenvalue weighted by Crippen LogP contribution is -2.53. The maximum absolute atomic E-state index is 12.8. The van der Waals surface area contributed by atoms with Gasteiger partial charge < -0.3 is 19.4 Å². The molecule has 2 heterocycles. The van der Waals surface area contributed by atoms with Gasteiger partial charge in [-0.2, -0.15) is 0 Å². The van der Waals surface area contributed by atoms with Gasteiger partial charge in [-0.25, -0.2) is 0 Å². The van der Waals surface area contributed by atoms with Crippen molar-refractivity contribution >= 4 is 29.1 Å². The van der Waals surface area contributed by atoms with E-state index in [9.17, 15) is 9.59 Å². The van der Waals surface area contributed by atoms with E-state index < -0.39 is 5.60 Å². The molecule has 0 unspecified atom stereocenters. The van der Waals surface area contributed by atoms with E-state index in [1.807, 2.05) is 4.90 Å². The molecule has 0 aromatic heterocycles. The Bertz CT molecular complexity index is 684. The fraction of sp³-hybridized carbons (Fsp3) is 0.556. The van der Waals surface area contributed by atoms with Gasteiger partial charge in [0, 0.05) is 44.2 Å². The Balaban J connectivity index is 1.73. The van der Waals surface area contributed by atoms with Crippen molar-refractivity contribution in [3.05, 3.63) is 23.2 Å². The molecule has 1 aromatic rings. The summed E-state index contributed by atoms with van der Waals surface area (Å²) in [6.07, 6.45) is 0.289. The van der Waals surface area contributed by atoms with E-state index in [4.69, 9.17) is 16.3 Å². The first-order valence-corrected chi connectivity index (χ1v) is 8.92. The predicted octanol–water partition coefficient (Wildman–Crippen LogP) is 2.01. The number of rotatable bonds is 3. The Morgan fingerprint density at radius 1 is 1.24 bits per heavy atom. The van der Waals surface area contributed by atoms with Gasteiger partial charge in [-0.15, -0.1) is 0 Å². The van der Waals surface area contributed by atoms with Crippen molar-refractivity contribution in [3.63, 3.8) is 0 Å². The number of fused-ring (bicyclic) bond motifs is 1. The fourth-order valence-corrected chi connectivity index (χ4v) is 3.35. The topological polar surface area (TPSA) is 53.1 Å². The minimum atomic E-state index is -0.961. The van der Waals surface area contributed by atoms with Crippen LogP contribution < -0.4 is 9.64 Å². The Labute approximate surface area is 153 Å². The lowest BCUT2D eigenvalue weighted by molar-refractivity contribution is -0.134. The molecular formula is C18H24ClN3O3. The number of benzene rings is 1. The second kappa shape index (κ2) is 6.84. The molecule has 7 heteroatoms. The molecule has 1 aromatic carbocycles. The van der Waals surface area contributed by atoms with Crippen molar-refractivity contribution in [1.82, 2.24) is 9.80 Å². The number of hydrogen-bond acceptors (Lipinski definition) is 4. The summed E-state index contributed by atoms with van der Waals surface area (Å²) >= 11 is 6.09. The Kier molecular flexibility index (Phi) is 4.93. The molecule has 0 spiro atoms. The van der Waals surface area contributed by atoms with Crippen LogP contribution in [0.5, 0.6) is 5.75 Å². The molecule has 0 atom stereocenters. The molecule has 136 valence electrons. The summed E-state index contributed by atoms with van der Waals surface area (Å²) in [4.78, 5) is 31.0. The van der Waals surface area contributed by atoms with E-state index >= 15 is 0 Å². The first-order chi connectivity index (χ1) is 11.8. The van der Waals surface area contributed by atoms with E-state index in [1.165, 1.54) is 0 Å². The maximum Gasteiger partial charge on any atom is 0.270 e. The molecule has 0 N–H and O–H groups in total. The number of hydrogen-bond donors (Lipinski definition) is 0. The lowest BCUT2D eigenvalue weighted by atomic mass is 10.0. The molecule has 1 saturated heterocycles. The zero-order valence-corrected chi connectivity index (χ0v) is 15.7. The number of likely N-dealkylation sites (N-methyl/N-ethyl adjacent to an activating group) is 1. The zero-order chi connectivity index (χ0) is 18.2. The molecule has 6 nitrogen and oxygen atoms in total. The van der Waals surface area contributed by atoms with Crippen LogP contribution in [0.3, 0.4) is 0 Å². The highest BCUT2D eigenvalue weighted by atomic mass is 35.5. The van der Waals surface area contributed by atoms with Crippen LogP contribution >= 0.6 is 11.6 Å². The highest BCUT2D eigenvalue weighted by Crippen LogP contribution is 2.39. The van der Waals surface area contributed by atoms with Crippen LogP contribution in [0.15, 0.2) is 18.2 Å². The molecule has 0 saturated carbocycles. The molecule has 0 radical (unpaired) electrons. The molecule has 1 fully saturated rings. The van der Waals surface area contributed by atoms with Crippen LogP contribution in [0, 0.1) is 0 Å². The average Bonchev–Trinajstić information content (AvgIpc) is 2.56. The molecule has 25 heavy (non-hydrogen) atoms. The second-order valence-electron chi connectivity index (χ2n) is 7.12. The van der Waals surface area contributed by atoms with Crippen LogP contribution in [0.1, 0.15) is 20.3 Å². The molecule has 2 amide bonds. The number of nitrogens with zero attached hydrogens (tertiary/aromatic N) is 3. The highest BCUT2D eigenvalue weighted by Gasteiger charge is 2.41. The van der Waals surface area contributed by atoms with E-state index in [1.54, 1.807) is 36.9 Å². The Morgan fingerprint density at radius 3 is 2.60 bits per heavy atom. The largest absolute Gasteiger partial charge is 0.476 e. The Morgan fingerprint density at radius 2 is 1.92 bits per heavy atom. The monoisotopic (exact) mass is 365 g/mol. The predicted molar refractivity (Wildman–Crippen MR) is 97.2 cm³/mol. The van der Waals surface area contributed by atoms with Crippen LogP contribution in [-0.4, -0.2) is 67.0 Å². The smallest absolute Gasteiger partial charge is 0.270 e.